The van der Waals surface area contributed by atoms with Gasteiger partial charge in [-0.05, 0) is 66.3 Å². The van der Waals surface area contributed by atoms with E-state index in [0.29, 0.717) is 17.7 Å². The summed E-state index contributed by atoms with van der Waals surface area (Å²) in [5, 5.41) is 11.3. The minimum atomic E-state index is -0.649. The van der Waals surface area contributed by atoms with Crippen molar-refractivity contribution in [1.82, 2.24) is 25.1 Å². The number of hydrogen-bond acceptors (Lipinski definition) is 9. The highest BCUT2D eigenvalue weighted by Crippen LogP contribution is 2.51. The fourth-order valence-corrected chi connectivity index (χ4v) is 8.22. The predicted molar refractivity (Wildman–Crippen MR) is 164 cm³/mol. The fourth-order valence-electron chi connectivity index (χ4n) is 7.05. The zero-order chi connectivity index (χ0) is 29.4. The van der Waals surface area contributed by atoms with Crippen molar-refractivity contribution in [1.29, 1.82) is 0 Å². The Balaban J connectivity index is 1.32. The molecule has 1 amide bonds. The molecular formula is C32H30N6O4S. The number of carbonyl (C=O) groups excluding carboxylic acids is 1. The van der Waals surface area contributed by atoms with E-state index >= 15 is 0 Å². The average Bonchev–Trinajstić information content (AvgIpc) is 3.83. The molecule has 0 saturated carbocycles. The Morgan fingerprint density at radius 3 is 2.84 bits per heavy atom. The second kappa shape index (κ2) is 9.77. The molecule has 2 aliphatic heterocycles. The lowest BCUT2D eigenvalue weighted by Crippen LogP contribution is -2.22. The molecule has 218 valence electrons. The minimum absolute atomic E-state index is 0.000643. The molecule has 2 atom stereocenters. The van der Waals surface area contributed by atoms with Crippen LogP contribution in [0.4, 0.5) is 5.82 Å². The largest absolute Gasteiger partial charge is 0.496 e. The first-order valence-corrected chi connectivity index (χ1v) is 15.5. The van der Waals surface area contributed by atoms with E-state index in [-0.39, 0.29) is 29.8 Å². The van der Waals surface area contributed by atoms with E-state index in [9.17, 15) is 9.59 Å². The van der Waals surface area contributed by atoms with Gasteiger partial charge in [0.25, 0.3) is 11.8 Å². The number of fused-ring (bicyclic) bond motifs is 5. The number of benzene rings is 1. The van der Waals surface area contributed by atoms with Gasteiger partial charge in [0.15, 0.2) is 0 Å². The molecule has 11 heteroatoms. The molecule has 1 saturated heterocycles. The van der Waals surface area contributed by atoms with Crippen LogP contribution in [0.5, 0.6) is 5.75 Å². The molecule has 2 unspecified atom stereocenters. The minimum Gasteiger partial charge on any atom is -0.496 e. The molecule has 10 nitrogen and oxygen atoms in total. The van der Waals surface area contributed by atoms with Gasteiger partial charge in [-0.15, -0.1) is 16.4 Å². The van der Waals surface area contributed by atoms with E-state index in [1.165, 1.54) is 11.1 Å². The lowest BCUT2D eigenvalue weighted by Gasteiger charge is -2.17. The summed E-state index contributed by atoms with van der Waals surface area (Å²) in [6.07, 6.45) is 5.53. The third kappa shape index (κ3) is 3.94. The number of hydrogen-bond donors (Lipinski definition) is 2. The maximum absolute atomic E-state index is 14.0. The molecular weight excluding hydrogens is 564 g/mol. The van der Waals surface area contributed by atoms with Crippen molar-refractivity contribution in [2.45, 2.75) is 57.5 Å². The van der Waals surface area contributed by atoms with Crippen LogP contribution in [0.1, 0.15) is 84.0 Å². The summed E-state index contributed by atoms with van der Waals surface area (Å²) in [4.78, 5) is 38.7. The molecule has 43 heavy (non-hydrogen) atoms. The number of nitrogens with one attached hydrogen (secondary N) is 2. The first-order valence-electron chi connectivity index (χ1n) is 14.7. The Bertz CT molecular complexity index is 1990. The smallest absolute Gasteiger partial charge is 0.434 e. The lowest BCUT2D eigenvalue weighted by molar-refractivity contribution is 0.0776. The molecule has 4 aromatic heterocycles. The van der Waals surface area contributed by atoms with Gasteiger partial charge in [-0.3, -0.25) is 9.78 Å². The van der Waals surface area contributed by atoms with Crippen molar-refractivity contribution >= 4 is 33.1 Å². The molecule has 8 rings (SSSR count). The molecule has 0 radical (unpaired) electrons. The number of pyridine rings is 2. The number of ether oxygens (including phenoxy) is 1. The Morgan fingerprint density at radius 2 is 2.05 bits per heavy atom. The van der Waals surface area contributed by atoms with Crippen LogP contribution in [-0.4, -0.2) is 44.6 Å². The van der Waals surface area contributed by atoms with E-state index in [1.807, 2.05) is 29.3 Å². The monoisotopic (exact) mass is 594 g/mol. The van der Waals surface area contributed by atoms with Gasteiger partial charge in [0, 0.05) is 23.2 Å². The van der Waals surface area contributed by atoms with E-state index < -0.39 is 5.76 Å². The number of methoxy groups -OCH3 is 1. The van der Waals surface area contributed by atoms with Crippen LogP contribution >= 0.6 is 11.3 Å². The highest BCUT2D eigenvalue weighted by molar-refractivity contribution is 7.23. The van der Waals surface area contributed by atoms with Gasteiger partial charge in [0.2, 0.25) is 0 Å². The summed E-state index contributed by atoms with van der Waals surface area (Å²) >= 11 is 1.58. The number of nitrogens with zero attached hydrogens (tertiary/aromatic N) is 4. The summed E-state index contributed by atoms with van der Waals surface area (Å²) in [6.45, 7) is 4.82. The number of thiophene rings is 1. The van der Waals surface area contributed by atoms with Crippen molar-refractivity contribution in [3.63, 3.8) is 0 Å². The molecule has 0 bridgehead atoms. The van der Waals surface area contributed by atoms with E-state index in [2.05, 4.69) is 41.5 Å². The number of H-pyrrole nitrogens is 1. The van der Waals surface area contributed by atoms with Gasteiger partial charge in [0.1, 0.15) is 11.6 Å². The third-order valence-corrected chi connectivity index (χ3v) is 10.1. The van der Waals surface area contributed by atoms with Crippen LogP contribution in [0.15, 0.2) is 45.7 Å². The van der Waals surface area contributed by atoms with Gasteiger partial charge >= 0.3 is 5.76 Å². The van der Waals surface area contributed by atoms with Gasteiger partial charge in [-0.25, -0.2) is 14.9 Å². The summed E-state index contributed by atoms with van der Waals surface area (Å²) in [7, 11) is 1.71. The number of rotatable bonds is 6. The van der Waals surface area contributed by atoms with Crippen LogP contribution in [0.2, 0.25) is 0 Å². The molecule has 1 aliphatic carbocycles. The number of aromatic nitrogens is 4. The van der Waals surface area contributed by atoms with E-state index in [0.717, 1.165) is 69.2 Å². The standard InChI is InChI=1S/C32H30N6O4S/c1-15(2)26-24(30-36-37-32(40)42-30)23(25-27(35-26)20-7-5-13-38(20)31(25)39)22-14-16-11-12-33-29(28(16)43-22)34-19-10-9-18-17(19)6-4-8-21(18)41-3/h4,6,8,11-12,14-15,19-20H,5,7,9-10,13H2,1-3H3,(H,33,34)(H,37,40). The Labute approximate surface area is 251 Å². The summed E-state index contributed by atoms with van der Waals surface area (Å²) < 4.78 is 12.1. The van der Waals surface area contributed by atoms with Crippen LogP contribution in [0.25, 0.3) is 32.0 Å². The molecule has 6 heterocycles. The van der Waals surface area contributed by atoms with Crippen molar-refractivity contribution in [3.8, 4) is 27.6 Å². The highest BCUT2D eigenvalue weighted by Gasteiger charge is 2.45. The zero-order valence-electron chi connectivity index (χ0n) is 24.1. The molecule has 1 aromatic carbocycles. The Morgan fingerprint density at radius 1 is 1.16 bits per heavy atom. The van der Waals surface area contributed by atoms with Gasteiger partial charge < -0.3 is 19.4 Å². The van der Waals surface area contributed by atoms with Crippen LogP contribution in [-0.2, 0) is 6.42 Å². The predicted octanol–water partition coefficient (Wildman–Crippen LogP) is 6.22. The van der Waals surface area contributed by atoms with Crippen molar-refractivity contribution in [3.05, 3.63) is 75.2 Å². The van der Waals surface area contributed by atoms with Crippen molar-refractivity contribution in [2.75, 3.05) is 19.0 Å². The first-order chi connectivity index (χ1) is 20.9. The van der Waals surface area contributed by atoms with Gasteiger partial charge in [-0.1, -0.05) is 26.0 Å². The normalized spacial score (nSPS) is 18.9. The average molecular weight is 595 g/mol. The fraction of sp³-hybridized carbons (Fsp3) is 0.344. The molecule has 3 aliphatic rings. The first kappa shape index (κ1) is 26.1. The third-order valence-electron chi connectivity index (χ3n) is 8.93. The van der Waals surface area contributed by atoms with Crippen molar-refractivity contribution < 1.29 is 13.9 Å². The second-order valence-corrected chi connectivity index (χ2v) is 12.7. The number of amides is 1. The van der Waals surface area contributed by atoms with E-state index in [1.54, 1.807) is 18.4 Å². The van der Waals surface area contributed by atoms with Crippen LogP contribution in [0, 0.1) is 0 Å². The number of aromatic amines is 1. The lowest BCUT2D eigenvalue weighted by atomic mass is 9.91. The Hall–Kier alpha value is -4.51. The summed E-state index contributed by atoms with van der Waals surface area (Å²) in [5.41, 5.74) is 5.94. The number of anilines is 1. The van der Waals surface area contributed by atoms with Crippen LogP contribution < -0.4 is 15.8 Å². The quantitative estimate of drug-likeness (QED) is 0.237. The molecule has 0 spiro atoms. The van der Waals surface area contributed by atoms with Crippen molar-refractivity contribution in [2.24, 2.45) is 0 Å². The maximum Gasteiger partial charge on any atom is 0.434 e. The SMILES string of the molecule is COc1cccc2c1CCC2Nc1nccc2cc(-c3c4c(nc(C(C)C)c3-c3n[nH]c(=O)o3)C3CCCN3C4=O)sc12. The summed E-state index contributed by atoms with van der Waals surface area (Å²) in [5.74, 6) is 1.18. The molecule has 5 aromatic rings. The second-order valence-electron chi connectivity index (χ2n) is 11.7. The Kier molecular flexibility index (Phi) is 5.94. The van der Waals surface area contributed by atoms with E-state index in [4.69, 9.17) is 19.1 Å². The maximum atomic E-state index is 14.0. The van der Waals surface area contributed by atoms with Gasteiger partial charge in [-0.2, -0.15) is 0 Å². The topological polar surface area (TPSA) is 126 Å². The zero-order valence-corrected chi connectivity index (χ0v) is 24.9. The van der Waals surface area contributed by atoms with Gasteiger partial charge in [0.05, 0.1) is 46.4 Å². The highest BCUT2D eigenvalue weighted by atomic mass is 32.1. The molecule has 2 N–H and O–H groups in total. The summed E-state index contributed by atoms with van der Waals surface area (Å²) in [6, 6.07) is 10.4. The van der Waals surface area contributed by atoms with Crippen LogP contribution in [0.3, 0.4) is 0 Å². The number of carbonyl (C=O) groups is 1. The molecule has 1 fully saturated rings.